The molecule has 0 unspecified atom stereocenters. The van der Waals surface area contributed by atoms with Gasteiger partial charge in [-0.2, -0.15) is 5.10 Å². The minimum Gasteiger partial charge on any atom is -0.351 e. The fourth-order valence-corrected chi connectivity index (χ4v) is 1.65. The van der Waals surface area contributed by atoms with E-state index in [-0.39, 0.29) is 5.91 Å². The molecule has 0 aromatic carbocycles. The molecule has 0 fully saturated rings. The summed E-state index contributed by atoms with van der Waals surface area (Å²) in [5.41, 5.74) is 1.44. The van der Waals surface area contributed by atoms with Crippen LogP contribution in [0.4, 0.5) is 0 Å². The highest BCUT2D eigenvalue weighted by molar-refractivity contribution is 6.00. The Hall–Kier alpha value is -1.88. The van der Waals surface area contributed by atoms with Crippen LogP contribution in [0.1, 0.15) is 17.3 Å². The number of hydrogen-bond acceptors (Lipinski definition) is 3. The predicted octanol–water partition coefficient (Wildman–Crippen LogP) is 0.674. The molecular weight excluding hydrogens is 216 g/mol. The van der Waals surface area contributed by atoms with E-state index in [1.54, 1.807) is 10.7 Å². The number of rotatable bonds is 5. The van der Waals surface area contributed by atoms with Crippen molar-refractivity contribution in [2.45, 2.75) is 6.92 Å². The molecule has 2 aromatic rings. The van der Waals surface area contributed by atoms with Gasteiger partial charge >= 0.3 is 0 Å². The first-order valence-corrected chi connectivity index (χ1v) is 5.74. The SMILES string of the molecule is CCNCCNC(=O)c1cnn2ccccc12. The second-order valence-corrected chi connectivity index (χ2v) is 3.70. The topological polar surface area (TPSA) is 58.4 Å². The van der Waals surface area contributed by atoms with E-state index in [0.717, 1.165) is 18.6 Å². The lowest BCUT2D eigenvalue weighted by Crippen LogP contribution is -2.31. The van der Waals surface area contributed by atoms with E-state index < -0.39 is 0 Å². The van der Waals surface area contributed by atoms with E-state index in [9.17, 15) is 4.79 Å². The van der Waals surface area contributed by atoms with Gasteiger partial charge in [0.25, 0.3) is 5.91 Å². The molecule has 0 spiro atoms. The number of nitrogens with one attached hydrogen (secondary N) is 2. The third-order valence-corrected chi connectivity index (χ3v) is 2.51. The molecular formula is C12H16N4O. The molecule has 0 saturated heterocycles. The number of aromatic nitrogens is 2. The number of amides is 1. The number of hydrogen-bond donors (Lipinski definition) is 2. The maximum absolute atomic E-state index is 11.9. The van der Waals surface area contributed by atoms with E-state index in [1.807, 2.05) is 31.3 Å². The largest absolute Gasteiger partial charge is 0.351 e. The summed E-state index contributed by atoms with van der Waals surface area (Å²) in [6, 6.07) is 5.66. The molecule has 2 rings (SSSR count). The normalized spacial score (nSPS) is 10.6. The molecule has 2 heterocycles. The zero-order valence-corrected chi connectivity index (χ0v) is 9.81. The maximum Gasteiger partial charge on any atom is 0.255 e. The van der Waals surface area contributed by atoms with E-state index in [1.165, 1.54) is 0 Å². The lowest BCUT2D eigenvalue weighted by molar-refractivity contribution is 0.0955. The van der Waals surface area contributed by atoms with Crippen LogP contribution >= 0.6 is 0 Å². The van der Waals surface area contributed by atoms with Gasteiger partial charge in [0.15, 0.2) is 0 Å². The Balaban J connectivity index is 2.04. The van der Waals surface area contributed by atoms with Crippen LogP contribution in [-0.2, 0) is 0 Å². The van der Waals surface area contributed by atoms with Crippen LogP contribution in [0.5, 0.6) is 0 Å². The van der Waals surface area contributed by atoms with Gasteiger partial charge in [-0.3, -0.25) is 4.79 Å². The van der Waals surface area contributed by atoms with Crippen LogP contribution in [0.2, 0.25) is 0 Å². The van der Waals surface area contributed by atoms with Gasteiger partial charge in [-0.05, 0) is 18.7 Å². The minimum absolute atomic E-state index is 0.0795. The number of nitrogens with zero attached hydrogens (tertiary/aromatic N) is 2. The summed E-state index contributed by atoms with van der Waals surface area (Å²) in [5, 5.41) is 10.1. The summed E-state index contributed by atoms with van der Waals surface area (Å²) < 4.78 is 1.69. The summed E-state index contributed by atoms with van der Waals surface area (Å²) in [6.45, 7) is 4.35. The average molecular weight is 232 g/mol. The summed E-state index contributed by atoms with van der Waals surface area (Å²) in [6.07, 6.45) is 3.42. The summed E-state index contributed by atoms with van der Waals surface area (Å²) in [7, 11) is 0. The summed E-state index contributed by atoms with van der Waals surface area (Å²) in [4.78, 5) is 11.9. The molecule has 2 aromatic heterocycles. The van der Waals surface area contributed by atoms with Gasteiger partial charge < -0.3 is 10.6 Å². The summed E-state index contributed by atoms with van der Waals surface area (Å²) in [5.74, 6) is -0.0795. The quantitative estimate of drug-likeness (QED) is 0.745. The molecule has 0 aliphatic rings. The van der Waals surface area contributed by atoms with Gasteiger partial charge in [0.05, 0.1) is 17.3 Å². The zero-order chi connectivity index (χ0) is 12.1. The number of carbonyl (C=O) groups excluding carboxylic acids is 1. The van der Waals surface area contributed by atoms with Gasteiger partial charge in [0, 0.05) is 19.3 Å². The second-order valence-electron chi connectivity index (χ2n) is 3.70. The van der Waals surface area contributed by atoms with Gasteiger partial charge in [0.2, 0.25) is 0 Å². The Kier molecular flexibility index (Phi) is 3.72. The van der Waals surface area contributed by atoms with Crippen molar-refractivity contribution in [1.82, 2.24) is 20.2 Å². The minimum atomic E-state index is -0.0795. The molecule has 0 aliphatic heterocycles. The third-order valence-electron chi connectivity index (χ3n) is 2.51. The van der Waals surface area contributed by atoms with E-state index in [0.29, 0.717) is 12.1 Å². The Labute approximate surface area is 99.8 Å². The average Bonchev–Trinajstić information content (AvgIpc) is 2.78. The van der Waals surface area contributed by atoms with Crippen LogP contribution in [0.3, 0.4) is 0 Å². The highest BCUT2D eigenvalue weighted by atomic mass is 16.1. The molecule has 90 valence electrons. The van der Waals surface area contributed by atoms with Crippen LogP contribution in [0.15, 0.2) is 30.6 Å². The molecule has 5 heteroatoms. The fourth-order valence-electron chi connectivity index (χ4n) is 1.65. The first-order chi connectivity index (χ1) is 8.33. The van der Waals surface area contributed by atoms with Crippen molar-refractivity contribution in [3.05, 3.63) is 36.2 Å². The van der Waals surface area contributed by atoms with Crippen molar-refractivity contribution in [1.29, 1.82) is 0 Å². The number of likely N-dealkylation sites (N-methyl/N-ethyl adjacent to an activating group) is 1. The third kappa shape index (κ3) is 2.62. The van der Waals surface area contributed by atoms with Gasteiger partial charge in [-0.15, -0.1) is 0 Å². The van der Waals surface area contributed by atoms with Crippen LogP contribution in [0.25, 0.3) is 5.52 Å². The monoisotopic (exact) mass is 232 g/mol. The highest BCUT2D eigenvalue weighted by Crippen LogP contribution is 2.09. The van der Waals surface area contributed by atoms with Gasteiger partial charge in [0.1, 0.15) is 0 Å². The second kappa shape index (κ2) is 5.45. The van der Waals surface area contributed by atoms with Gasteiger partial charge in [-0.25, -0.2) is 4.52 Å². The van der Waals surface area contributed by atoms with E-state index >= 15 is 0 Å². The van der Waals surface area contributed by atoms with Crippen molar-refractivity contribution in [2.75, 3.05) is 19.6 Å². The zero-order valence-electron chi connectivity index (χ0n) is 9.81. The first kappa shape index (κ1) is 11.6. The maximum atomic E-state index is 11.9. The van der Waals surface area contributed by atoms with Crippen LogP contribution in [0, 0.1) is 0 Å². The Morgan fingerprint density at radius 3 is 3.12 bits per heavy atom. The highest BCUT2D eigenvalue weighted by Gasteiger charge is 2.10. The van der Waals surface area contributed by atoms with E-state index in [2.05, 4.69) is 15.7 Å². The molecule has 5 nitrogen and oxygen atoms in total. The molecule has 0 bridgehead atoms. The molecule has 1 amide bonds. The van der Waals surface area contributed by atoms with Crippen LogP contribution in [-0.4, -0.2) is 35.2 Å². The standard InChI is InChI=1S/C12H16N4O/c1-2-13-6-7-14-12(17)10-9-15-16-8-4-3-5-11(10)16/h3-5,8-9,13H,2,6-7H2,1H3,(H,14,17). The fraction of sp³-hybridized carbons (Fsp3) is 0.333. The number of fused-ring (bicyclic) bond motifs is 1. The molecule has 2 N–H and O–H groups in total. The van der Waals surface area contributed by atoms with E-state index in [4.69, 9.17) is 0 Å². The Morgan fingerprint density at radius 2 is 2.29 bits per heavy atom. The first-order valence-electron chi connectivity index (χ1n) is 5.74. The smallest absolute Gasteiger partial charge is 0.255 e. The lowest BCUT2D eigenvalue weighted by atomic mass is 10.2. The molecule has 17 heavy (non-hydrogen) atoms. The number of carbonyl (C=O) groups is 1. The lowest BCUT2D eigenvalue weighted by Gasteiger charge is -2.04. The molecule has 0 aliphatic carbocycles. The van der Waals surface area contributed by atoms with Crippen molar-refractivity contribution >= 4 is 11.4 Å². The van der Waals surface area contributed by atoms with Crippen molar-refractivity contribution in [3.63, 3.8) is 0 Å². The van der Waals surface area contributed by atoms with Gasteiger partial charge in [-0.1, -0.05) is 13.0 Å². The molecule has 0 saturated carbocycles. The van der Waals surface area contributed by atoms with Crippen molar-refractivity contribution in [3.8, 4) is 0 Å². The molecule has 0 radical (unpaired) electrons. The summed E-state index contributed by atoms with van der Waals surface area (Å²) >= 11 is 0. The van der Waals surface area contributed by atoms with Crippen LogP contribution < -0.4 is 10.6 Å². The Morgan fingerprint density at radius 1 is 1.41 bits per heavy atom. The number of pyridine rings is 1. The van der Waals surface area contributed by atoms with Crippen molar-refractivity contribution in [2.24, 2.45) is 0 Å². The van der Waals surface area contributed by atoms with Crippen molar-refractivity contribution < 1.29 is 4.79 Å². The molecule has 0 atom stereocenters. The Bertz CT molecular complexity index is 506. The predicted molar refractivity (Wildman–Crippen MR) is 66.1 cm³/mol.